The first kappa shape index (κ1) is 34.9. The minimum atomic E-state index is 0.610. The molecule has 0 spiro atoms. The van der Waals surface area contributed by atoms with Crippen molar-refractivity contribution in [3.8, 4) is 66.7 Å². The molecule has 0 bridgehead atoms. The van der Waals surface area contributed by atoms with E-state index in [1.807, 2.05) is 60.7 Å². The Labute approximate surface area is 354 Å². The van der Waals surface area contributed by atoms with Crippen LogP contribution in [0.15, 0.2) is 200 Å². The molecule has 286 valence electrons. The van der Waals surface area contributed by atoms with Crippen LogP contribution in [-0.2, 0) is 0 Å². The van der Waals surface area contributed by atoms with Crippen molar-refractivity contribution in [3.05, 3.63) is 200 Å². The van der Waals surface area contributed by atoms with E-state index in [0.717, 1.165) is 76.7 Å². The van der Waals surface area contributed by atoms with Gasteiger partial charge in [-0.05, 0) is 48.5 Å². The number of aromatic nitrogens is 7. The fourth-order valence-electron chi connectivity index (χ4n) is 8.59. The minimum Gasteiger partial charge on any atom is -0.309 e. The van der Waals surface area contributed by atoms with Crippen LogP contribution in [0.3, 0.4) is 0 Å². The van der Waals surface area contributed by atoms with Gasteiger partial charge in [0.1, 0.15) is 10.0 Å². The van der Waals surface area contributed by atoms with Gasteiger partial charge in [0.25, 0.3) is 0 Å². The molecule has 0 N–H and O–H groups in total. The van der Waals surface area contributed by atoms with Gasteiger partial charge in [-0.15, -0.1) is 10.2 Å². The van der Waals surface area contributed by atoms with Crippen LogP contribution in [0, 0.1) is 0 Å². The smallest absolute Gasteiger partial charge is 0.164 e. The van der Waals surface area contributed by atoms with Crippen molar-refractivity contribution in [1.29, 1.82) is 0 Å². The molecule has 61 heavy (non-hydrogen) atoms. The predicted molar refractivity (Wildman–Crippen MR) is 249 cm³/mol. The molecule has 4 aromatic heterocycles. The summed E-state index contributed by atoms with van der Waals surface area (Å²) in [5, 5.41) is 16.1. The van der Waals surface area contributed by atoms with Gasteiger partial charge in [0.05, 0.1) is 22.1 Å². The van der Waals surface area contributed by atoms with E-state index in [2.05, 4.69) is 149 Å². The fraction of sp³-hybridized carbons (Fsp3) is 0. The van der Waals surface area contributed by atoms with Crippen molar-refractivity contribution in [3.63, 3.8) is 0 Å². The maximum absolute atomic E-state index is 5.03. The molecule has 12 aromatic rings. The van der Waals surface area contributed by atoms with Crippen LogP contribution < -0.4 is 0 Å². The summed E-state index contributed by atoms with van der Waals surface area (Å²) >= 11 is 1.62. The maximum Gasteiger partial charge on any atom is 0.164 e. The van der Waals surface area contributed by atoms with E-state index >= 15 is 0 Å². The van der Waals surface area contributed by atoms with Crippen molar-refractivity contribution in [2.75, 3.05) is 0 Å². The molecule has 0 aliphatic carbocycles. The molecule has 12 rings (SSSR count). The highest BCUT2D eigenvalue weighted by Gasteiger charge is 2.21. The molecule has 0 aliphatic heterocycles. The summed E-state index contributed by atoms with van der Waals surface area (Å²) in [5.74, 6) is 1.87. The Morgan fingerprint density at radius 3 is 1.54 bits per heavy atom. The van der Waals surface area contributed by atoms with Gasteiger partial charge in [-0.2, -0.15) is 0 Å². The lowest BCUT2D eigenvalue weighted by Crippen LogP contribution is -2.01. The Hall–Kier alpha value is -8.07. The standard InChI is InChI=1S/C53H33N7S/c1-4-16-34(17-5-1)49-54-50(35-18-6-2-7-19-35)56-51(55-49)36-20-14-23-39(32-36)59-45-28-12-10-24-40(45)42-31-30-37(33-47(42)59)52-57-58-53(61-52)44-27-15-26-43-41-25-11-13-29-46(41)60(48(43)44)38-21-8-3-9-22-38/h1-33H. The van der Waals surface area contributed by atoms with E-state index in [4.69, 9.17) is 25.1 Å². The molecule has 0 saturated heterocycles. The Morgan fingerprint density at radius 1 is 0.328 bits per heavy atom. The van der Waals surface area contributed by atoms with Crippen LogP contribution in [-0.4, -0.2) is 34.3 Å². The van der Waals surface area contributed by atoms with Gasteiger partial charge in [-0.25, -0.2) is 15.0 Å². The quantitative estimate of drug-likeness (QED) is 0.160. The highest BCUT2D eigenvalue weighted by Crippen LogP contribution is 2.41. The topological polar surface area (TPSA) is 74.3 Å². The molecular weight excluding hydrogens is 767 g/mol. The predicted octanol–water partition coefficient (Wildman–Crippen LogP) is 13.3. The van der Waals surface area contributed by atoms with Gasteiger partial charge in [0.2, 0.25) is 0 Å². The SMILES string of the molecule is c1ccc(-c2nc(-c3ccccc3)nc(-c3cccc(-n4c5ccccc5c5ccc(-c6nnc(-c7cccc8c9ccccc9n(-c9ccccc9)c78)s6)cc54)c3)n2)cc1. The molecule has 0 unspecified atom stereocenters. The molecule has 0 fully saturated rings. The number of hydrogen-bond acceptors (Lipinski definition) is 6. The highest BCUT2D eigenvalue weighted by molar-refractivity contribution is 7.18. The van der Waals surface area contributed by atoms with Crippen LogP contribution >= 0.6 is 11.3 Å². The second kappa shape index (κ2) is 14.3. The molecule has 0 radical (unpaired) electrons. The van der Waals surface area contributed by atoms with E-state index < -0.39 is 0 Å². The van der Waals surface area contributed by atoms with Crippen molar-refractivity contribution < 1.29 is 0 Å². The third-order valence-corrected chi connectivity index (χ3v) is 12.4. The van der Waals surface area contributed by atoms with E-state index in [9.17, 15) is 0 Å². The summed E-state index contributed by atoms with van der Waals surface area (Å²) in [5.41, 5.74) is 11.4. The number of fused-ring (bicyclic) bond motifs is 6. The van der Waals surface area contributed by atoms with Crippen LogP contribution in [0.1, 0.15) is 0 Å². The van der Waals surface area contributed by atoms with Crippen molar-refractivity contribution in [2.24, 2.45) is 0 Å². The van der Waals surface area contributed by atoms with Gasteiger partial charge >= 0.3 is 0 Å². The first-order valence-corrected chi connectivity index (χ1v) is 21.0. The summed E-state index contributed by atoms with van der Waals surface area (Å²) < 4.78 is 4.68. The fourth-order valence-corrected chi connectivity index (χ4v) is 9.45. The van der Waals surface area contributed by atoms with Crippen molar-refractivity contribution in [1.82, 2.24) is 34.3 Å². The van der Waals surface area contributed by atoms with Gasteiger partial charge < -0.3 is 9.13 Å². The highest BCUT2D eigenvalue weighted by atomic mass is 32.1. The third-order valence-electron chi connectivity index (χ3n) is 11.3. The summed E-state index contributed by atoms with van der Waals surface area (Å²) in [7, 11) is 0. The molecule has 7 nitrogen and oxygen atoms in total. The Morgan fingerprint density at radius 2 is 0.836 bits per heavy atom. The van der Waals surface area contributed by atoms with Crippen molar-refractivity contribution in [2.45, 2.75) is 0 Å². The average Bonchev–Trinajstić information content (AvgIpc) is 4.06. The van der Waals surface area contributed by atoms with Crippen LogP contribution in [0.4, 0.5) is 0 Å². The minimum absolute atomic E-state index is 0.610. The Balaban J connectivity index is 0.992. The zero-order valence-corrected chi connectivity index (χ0v) is 33.4. The first-order valence-electron chi connectivity index (χ1n) is 20.2. The molecule has 0 atom stereocenters. The normalized spacial score (nSPS) is 11.6. The molecule has 0 saturated carbocycles. The molecule has 8 aromatic carbocycles. The monoisotopic (exact) mass is 799 g/mol. The maximum atomic E-state index is 5.03. The Bertz CT molecular complexity index is 3530. The lowest BCUT2D eigenvalue weighted by molar-refractivity contribution is 1.07. The first-order chi connectivity index (χ1) is 30.2. The average molecular weight is 800 g/mol. The third kappa shape index (κ3) is 5.92. The number of nitrogens with zero attached hydrogens (tertiary/aromatic N) is 7. The summed E-state index contributed by atoms with van der Waals surface area (Å²) in [6.45, 7) is 0. The van der Waals surface area contributed by atoms with Crippen LogP contribution in [0.5, 0.6) is 0 Å². The molecule has 0 aliphatic rings. The number of benzene rings is 8. The van der Waals surface area contributed by atoms with Crippen LogP contribution in [0.2, 0.25) is 0 Å². The molecular formula is C53H33N7S. The lowest BCUT2D eigenvalue weighted by Gasteiger charge is -2.12. The van der Waals surface area contributed by atoms with E-state index in [0.29, 0.717) is 17.5 Å². The van der Waals surface area contributed by atoms with Gasteiger partial charge in [-0.1, -0.05) is 163 Å². The van der Waals surface area contributed by atoms with Crippen LogP contribution in [0.25, 0.3) is 110 Å². The Kier molecular flexibility index (Phi) is 8.21. The summed E-state index contributed by atoms with van der Waals surface area (Å²) in [6.07, 6.45) is 0. The molecule has 0 amide bonds. The number of hydrogen-bond donors (Lipinski definition) is 0. The van der Waals surface area contributed by atoms with E-state index in [1.54, 1.807) is 11.3 Å². The second-order valence-corrected chi connectivity index (χ2v) is 16.0. The van der Waals surface area contributed by atoms with Gasteiger partial charge in [0.15, 0.2) is 17.5 Å². The second-order valence-electron chi connectivity index (χ2n) is 15.0. The zero-order chi connectivity index (χ0) is 40.3. The van der Waals surface area contributed by atoms with E-state index in [-0.39, 0.29) is 0 Å². The largest absolute Gasteiger partial charge is 0.309 e. The molecule has 8 heteroatoms. The van der Waals surface area contributed by atoms with Gasteiger partial charge in [0, 0.05) is 60.7 Å². The number of para-hydroxylation sites is 4. The van der Waals surface area contributed by atoms with Gasteiger partial charge in [-0.3, -0.25) is 0 Å². The molecule has 4 heterocycles. The zero-order valence-electron chi connectivity index (χ0n) is 32.6. The lowest BCUT2D eigenvalue weighted by atomic mass is 10.1. The number of rotatable bonds is 7. The summed E-state index contributed by atoms with van der Waals surface area (Å²) in [6, 6.07) is 69.5. The summed E-state index contributed by atoms with van der Waals surface area (Å²) in [4.78, 5) is 15.0. The van der Waals surface area contributed by atoms with Crippen molar-refractivity contribution >= 4 is 54.9 Å². The van der Waals surface area contributed by atoms with E-state index in [1.165, 1.54) is 16.2 Å².